The third kappa shape index (κ3) is 1.98. The molecule has 2 aromatic rings. The smallest absolute Gasteiger partial charge is 0.151 e. The van der Waals surface area contributed by atoms with E-state index in [4.69, 9.17) is 5.73 Å². The normalized spacial score (nSPS) is 10.5. The van der Waals surface area contributed by atoms with Crippen molar-refractivity contribution in [3.8, 4) is 0 Å². The molecule has 0 saturated heterocycles. The molecule has 0 aliphatic heterocycles. The third-order valence-electron chi connectivity index (χ3n) is 2.21. The van der Waals surface area contributed by atoms with E-state index >= 15 is 0 Å². The summed E-state index contributed by atoms with van der Waals surface area (Å²) >= 11 is 0. The Hall–Kier alpha value is -1.84. The fraction of sp³-hybridized carbons (Fsp3) is 0.182. The molecule has 0 spiro atoms. The molecule has 0 atom stereocenters. The summed E-state index contributed by atoms with van der Waals surface area (Å²) in [7, 11) is 0. The highest BCUT2D eigenvalue weighted by molar-refractivity contribution is 5.42. The monoisotopic (exact) mass is 205 g/mol. The predicted octanol–water partition coefficient (Wildman–Crippen LogP) is 1.96. The molecule has 0 aliphatic carbocycles. The van der Waals surface area contributed by atoms with Crippen molar-refractivity contribution in [2.45, 2.75) is 13.5 Å². The van der Waals surface area contributed by atoms with Gasteiger partial charge in [-0.15, -0.1) is 0 Å². The lowest BCUT2D eigenvalue weighted by molar-refractivity contribution is 0.587. The minimum Gasteiger partial charge on any atom is -0.396 e. The number of halogens is 1. The number of aryl methyl sites for hydroxylation is 1. The molecule has 2 N–H and O–H groups in total. The van der Waals surface area contributed by atoms with E-state index in [0.717, 1.165) is 5.69 Å². The molecule has 0 bridgehead atoms. The summed E-state index contributed by atoms with van der Waals surface area (Å²) < 4.78 is 15.2. The lowest BCUT2D eigenvalue weighted by Crippen LogP contribution is -2.04. The van der Waals surface area contributed by atoms with Crippen LogP contribution in [0.25, 0.3) is 0 Å². The molecule has 2 rings (SSSR count). The molecule has 0 aliphatic rings. The van der Waals surface area contributed by atoms with Crippen LogP contribution in [0.3, 0.4) is 0 Å². The van der Waals surface area contributed by atoms with Crippen molar-refractivity contribution in [1.29, 1.82) is 0 Å². The maximum atomic E-state index is 13.5. The maximum Gasteiger partial charge on any atom is 0.151 e. The molecule has 15 heavy (non-hydrogen) atoms. The van der Waals surface area contributed by atoms with Gasteiger partial charge in [0.05, 0.1) is 17.9 Å². The molecule has 1 aromatic heterocycles. The molecule has 0 radical (unpaired) electrons. The van der Waals surface area contributed by atoms with Crippen LogP contribution in [0.1, 0.15) is 11.3 Å². The van der Waals surface area contributed by atoms with Gasteiger partial charge in [-0.1, -0.05) is 12.1 Å². The first-order valence-corrected chi connectivity index (χ1v) is 4.70. The zero-order valence-electron chi connectivity index (χ0n) is 8.44. The second kappa shape index (κ2) is 3.73. The van der Waals surface area contributed by atoms with Crippen LogP contribution in [-0.4, -0.2) is 9.78 Å². The highest BCUT2D eigenvalue weighted by atomic mass is 19.1. The van der Waals surface area contributed by atoms with E-state index in [1.54, 1.807) is 22.9 Å². The molecule has 0 amide bonds. The van der Waals surface area contributed by atoms with E-state index in [1.165, 1.54) is 0 Å². The Bertz CT molecular complexity index is 476. The third-order valence-corrected chi connectivity index (χ3v) is 2.21. The van der Waals surface area contributed by atoms with E-state index in [2.05, 4.69) is 5.10 Å². The van der Waals surface area contributed by atoms with Gasteiger partial charge in [0.15, 0.2) is 5.82 Å². The van der Waals surface area contributed by atoms with Gasteiger partial charge in [-0.05, 0) is 19.1 Å². The summed E-state index contributed by atoms with van der Waals surface area (Å²) in [6, 6.07) is 6.88. The summed E-state index contributed by atoms with van der Waals surface area (Å²) in [6.45, 7) is 2.30. The Balaban J connectivity index is 2.28. The zero-order chi connectivity index (χ0) is 10.8. The van der Waals surface area contributed by atoms with Crippen molar-refractivity contribution in [2.24, 2.45) is 0 Å². The van der Waals surface area contributed by atoms with Crippen molar-refractivity contribution >= 4 is 5.69 Å². The van der Waals surface area contributed by atoms with Crippen LogP contribution in [0.2, 0.25) is 0 Å². The van der Waals surface area contributed by atoms with Crippen LogP contribution in [0.5, 0.6) is 0 Å². The molecule has 3 nitrogen and oxygen atoms in total. The number of nitrogen functional groups attached to an aromatic ring is 1. The molecule has 4 heteroatoms. The fourth-order valence-electron chi connectivity index (χ4n) is 1.45. The molecule has 1 heterocycles. The van der Waals surface area contributed by atoms with Gasteiger partial charge in [0.2, 0.25) is 0 Å². The standard InChI is InChI=1S/C11H12FN3/c1-8-5-6-15(14-8)7-9-3-2-4-10(13)11(9)12/h2-6H,7,13H2,1H3. The summed E-state index contributed by atoms with van der Waals surface area (Å²) in [4.78, 5) is 0. The van der Waals surface area contributed by atoms with Crippen molar-refractivity contribution in [2.75, 3.05) is 5.73 Å². The van der Waals surface area contributed by atoms with Crippen LogP contribution < -0.4 is 5.73 Å². The van der Waals surface area contributed by atoms with E-state index in [-0.39, 0.29) is 11.5 Å². The van der Waals surface area contributed by atoms with E-state index in [1.807, 2.05) is 19.2 Å². The number of rotatable bonds is 2. The second-order valence-electron chi connectivity index (χ2n) is 3.48. The van der Waals surface area contributed by atoms with E-state index < -0.39 is 0 Å². The largest absolute Gasteiger partial charge is 0.396 e. The number of hydrogen-bond donors (Lipinski definition) is 1. The average molecular weight is 205 g/mol. The van der Waals surface area contributed by atoms with Crippen molar-refractivity contribution in [3.63, 3.8) is 0 Å². The molecule has 0 fully saturated rings. The minimum absolute atomic E-state index is 0.177. The molecule has 0 unspecified atom stereocenters. The number of benzene rings is 1. The van der Waals surface area contributed by atoms with Gasteiger partial charge < -0.3 is 5.73 Å². The molecule has 1 aromatic carbocycles. The topological polar surface area (TPSA) is 43.8 Å². The SMILES string of the molecule is Cc1ccn(Cc2cccc(N)c2F)n1. The number of nitrogens with zero attached hydrogens (tertiary/aromatic N) is 2. The predicted molar refractivity (Wildman–Crippen MR) is 56.9 cm³/mol. The van der Waals surface area contributed by atoms with Crippen LogP contribution in [-0.2, 0) is 6.54 Å². The van der Waals surface area contributed by atoms with Crippen LogP contribution >= 0.6 is 0 Å². The van der Waals surface area contributed by atoms with Gasteiger partial charge in [0.1, 0.15) is 0 Å². The van der Waals surface area contributed by atoms with E-state index in [0.29, 0.717) is 12.1 Å². The van der Waals surface area contributed by atoms with Gasteiger partial charge in [-0.2, -0.15) is 5.10 Å². The van der Waals surface area contributed by atoms with Crippen molar-refractivity contribution in [3.05, 3.63) is 47.5 Å². The summed E-state index contributed by atoms with van der Waals surface area (Å²) in [6.07, 6.45) is 1.82. The van der Waals surface area contributed by atoms with Crippen LogP contribution in [0.4, 0.5) is 10.1 Å². The van der Waals surface area contributed by atoms with Crippen LogP contribution in [0, 0.1) is 12.7 Å². The maximum absolute atomic E-state index is 13.5. The first-order chi connectivity index (χ1) is 7.16. The van der Waals surface area contributed by atoms with E-state index in [9.17, 15) is 4.39 Å². The number of anilines is 1. The Labute approximate surface area is 87.3 Å². The minimum atomic E-state index is -0.356. The quantitative estimate of drug-likeness (QED) is 0.761. The van der Waals surface area contributed by atoms with Gasteiger partial charge in [0.25, 0.3) is 0 Å². The number of nitrogens with two attached hydrogens (primary N) is 1. The van der Waals surface area contributed by atoms with Gasteiger partial charge in [-0.25, -0.2) is 4.39 Å². The van der Waals surface area contributed by atoms with Gasteiger partial charge in [0, 0.05) is 11.8 Å². The summed E-state index contributed by atoms with van der Waals surface area (Å²) in [5.74, 6) is -0.356. The average Bonchev–Trinajstić information content (AvgIpc) is 2.59. The van der Waals surface area contributed by atoms with Gasteiger partial charge in [-0.3, -0.25) is 4.68 Å². The molecular weight excluding hydrogens is 193 g/mol. The molecule has 0 saturated carbocycles. The van der Waals surface area contributed by atoms with Crippen molar-refractivity contribution in [1.82, 2.24) is 9.78 Å². The Morgan fingerprint density at radius 2 is 2.20 bits per heavy atom. The highest BCUT2D eigenvalue weighted by Crippen LogP contribution is 2.15. The first kappa shape index (κ1) is 9.71. The lowest BCUT2D eigenvalue weighted by atomic mass is 10.2. The second-order valence-corrected chi connectivity index (χ2v) is 3.48. The molecular formula is C11H12FN3. The first-order valence-electron chi connectivity index (χ1n) is 4.70. The zero-order valence-corrected chi connectivity index (χ0v) is 8.44. The summed E-state index contributed by atoms with van der Waals surface area (Å²) in [5, 5.41) is 4.19. The fourth-order valence-corrected chi connectivity index (χ4v) is 1.45. The number of aromatic nitrogens is 2. The van der Waals surface area contributed by atoms with Crippen LogP contribution in [0.15, 0.2) is 30.5 Å². The Morgan fingerprint density at radius 3 is 2.87 bits per heavy atom. The number of hydrogen-bond acceptors (Lipinski definition) is 2. The lowest BCUT2D eigenvalue weighted by Gasteiger charge is -2.05. The van der Waals surface area contributed by atoms with Crippen molar-refractivity contribution < 1.29 is 4.39 Å². The van der Waals surface area contributed by atoms with Gasteiger partial charge >= 0.3 is 0 Å². The highest BCUT2D eigenvalue weighted by Gasteiger charge is 2.06. The summed E-state index contributed by atoms with van der Waals surface area (Å²) in [5.41, 5.74) is 7.12. The Kier molecular flexibility index (Phi) is 2.41. The molecule has 78 valence electrons. The Morgan fingerprint density at radius 1 is 1.40 bits per heavy atom.